The number of nitrogens with one attached hydrogen (secondary N) is 1. The Morgan fingerprint density at radius 1 is 1.38 bits per heavy atom. The Balaban J connectivity index is 2.26. The van der Waals surface area contributed by atoms with Gasteiger partial charge in [-0.2, -0.15) is 0 Å². The molecular weight excluding hydrogens is 264 g/mol. The van der Waals surface area contributed by atoms with Crippen LogP contribution in [0.5, 0.6) is 0 Å². The number of para-hydroxylation sites is 1. The van der Waals surface area contributed by atoms with Crippen molar-refractivity contribution in [1.82, 2.24) is 5.32 Å². The lowest BCUT2D eigenvalue weighted by Crippen LogP contribution is -2.51. The normalized spacial score (nSPS) is 20.4. The smallest absolute Gasteiger partial charge is 0.242 e. The zero-order chi connectivity index (χ0) is 15.6. The summed E-state index contributed by atoms with van der Waals surface area (Å²) in [6.07, 6.45) is 1.17. The second kappa shape index (κ2) is 6.06. The van der Waals surface area contributed by atoms with E-state index < -0.39 is 6.10 Å². The monoisotopic (exact) mass is 290 g/mol. The van der Waals surface area contributed by atoms with Crippen LogP contribution in [0.1, 0.15) is 52.2 Å². The largest absolute Gasteiger partial charge is 0.388 e. The minimum absolute atomic E-state index is 0.0219. The van der Waals surface area contributed by atoms with Gasteiger partial charge in [0.2, 0.25) is 5.91 Å². The Labute approximate surface area is 127 Å². The van der Waals surface area contributed by atoms with E-state index in [9.17, 15) is 9.90 Å². The van der Waals surface area contributed by atoms with Crippen molar-refractivity contribution >= 4 is 11.6 Å². The van der Waals surface area contributed by atoms with Crippen LogP contribution >= 0.6 is 0 Å². The molecule has 2 atom stereocenters. The van der Waals surface area contributed by atoms with Gasteiger partial charge in [-0.05, 0) is 46.6 Å². The molecule has 4 nitrogen and oxygen atoms in total. The van der Waals surface area contributed by atoms with E-state index in [0.717, 1.165) is 30.6 Å². The van der Waals surface area contributed by atoms with Gasteiger partial charge in [-0.3, -0.25) is 4.79 Å². The Bertz CT molecular complexity index is 508. The fourth-order valence-corrected chi connectivity index (χ4v) is 2.78. The molecule has 2 unspecified atom stereocenters. The average Bonchev–Trinajstić information content (AvgIpc) is 2.56. The van der Waals surface area contributed by atoms with Crippen LogP contribution in [-0.2, 0) is 4.79 Å². The number of benzene rings is 1. The molecule has 1 aromatic carbocycles. The van der Waals surface area contributed by atoms with Gasteiger partial charge in [0.25, 0.3) is 0 Å². The van der Waals surface area contributed by atoms with E-state index in [2.05, 4.69) is 10.2 Å². The topological polar surface area (TPSA) is 52.6 Å². The summed E-state index contributed by atoms with van der Waals surface area (Å²) >= 11 is 0. The van der Waals surface area contributed by atoms with Gasteiger partial charge in [0.15, 0.2) is 0 Å². The summed E-state index contributed by atoms with van der Waals surface area (Å²) in [6, 6.07) is 7.58. The van der Waals surface area contributed by atoms with Crippen LogP contribution in [0, 0.1) is 0 Å². The fourth-order valence-electron chi connectivity index (χ4n) is 2.78. The maximum absolute atomic E-state index is 12.4. The number of hydrogen-bond donors (Lipinski definition) is 2. The lowest BCUT2D eigenvalue weighted by molar-refractivity contribution is -0.123. The number of hydrogen-bond acceptors (Lipinski definition) is 3. The molecule has 1 aliphatic rings. The summed E-state index contributed by atoms with van der Waals surface area (Å²) in [5, 5.41) is 13.3. The van der Waals surface area contributed by atoms with Crippen LogP contribution in [0.3, 0.4) is 0 Å². The molecule has 0 aliphatic carbocycles. The highest BCUT2D eigenvalue weighted by Crippen LogP contribution is 2.33. The van der Waals surface area contributed by atoms with E-state index in [0.29, 0.717) is 0 Å². The lowest BCUT2D eigenvalue weighted by atomic mass is 10.0. The van der Waals surface area contributed by atoms with Crippen molar-refractivity contribution in [3.8, 4) is 0 Å². The minimum atomic E-state index is -0.441. The molecule has 21 heavy (non-hydrogen) atoms. The Morgan fingerprint density at radius 3 is 2.71 bits per heavy atom. The zero-order valence-corrected chi connectivity index (χ0v) is 13.4. The van der Waals surface area contributed by atoms with Crippen LogP contribution in [0.25, 0.3) is 0 Å². The first-order valence-corrected chi connectivity index (χ1v) is 7.65. The van der Waals surface area contributed by atoms with E-state index in [-0.39, 0.29) is 17.5 Å². The van der Waals surface area contributed by atoms with Crippen molar-refractivity contribution in [2.24, 2.45) is 0 Å². The third-order valence-corrected chi connectivity index (χ3v) is 3.83. The second-order valence-electron chi connectivity index (χ2n) is 6.83. The third-order valence-electron chi connectivity index (χ3n) is 3.83. The van der Waals surface area contributed by atoms with Gasteiger partial charge in [0.05, 0.1) is 6.10 Å². The molecule has 1 heterocycles. The number of amides is 1. The van der Waals surface area contributed by atoms with E-state index >= 15 is 0 Å². The number of aliphatic hydroxyl groups is 1. The number of rotatable bonds is 2. The molecule has 1 amide bonds. The summed E-state index contributed by atoms with van der Waals surface area (Å²) in [5.74, 6) is 0.0219. The van der Waals surface area contributed by atoms with Crippen molar-refractivity contribution in [1.29, 1.82) is 0 Å². The molecule has 0 bridgehead atoms. The first kappa shape index (κ1) is 15.8. The van der Waals surface area contributed by atoms with Crippen molar-refractivity contribution in [2.45, 2.75) is 58.2 Å². The van der Waals surface area contributed by atoms with Gasteiger partial charge >= 0.3 is 0 Å². The van der Waals surface area contributed by atoms with Crippen LogP contribution < -0.4 is 10.2 Å². The number of carbonyl (C=O) groups is 1. The van der Waals surface area contributed by atoms with Crippen LogP contribution in [0.4, 0.5) is 5.69 Å². The SMILES string of the molecule is CC(C(=O)NC(C)(C)C)N1CCCC(O)c2ccccc21. The predicted octanol–water partition coefficient (Wildman–Crippen LogP) is 2.62. The molecule has 0 saturated heterocycles. The molecule has 1 aliphatic heterocycles. The highest BCUT2D eigenvalue weighted by atomic mass is 16.3. The third kappa shape index (κ3) is 3.76. The first-order chi connectivity index (χ1) is 9.79. The fraction of sp³-hybridized carbons (Fsp3) is 0.588. The van der Waals surface area contributed by atoms with Crippen LogP contribution in [-0.4, -0.2) is 29.1 Å². The summed E-state index contributed by atoms with van der Waals surface area (Å²) in [5.41, 5.74) is 1.65. The standard InChI is InChI=1S/C17H26N2O2/c1-12(16(21)18-17(2,3)4)19-11-7-10-15(20)13-8-5-6-9-14(13)19/h5-6,8-9,12,15,20H,7,10-11H2,1-4H3,(H,18,21). The number of carbonyl (C=O) groups excluding carboxylic acids is 1. The molecule has 0 aromatic heterocycles. The molecule has 0 fully saturated rings. The van der Waals surface area contributed by atoms with Gasteiger partial charge < -0.3 is 15.3 Å². The Kier molecular flexibility index (Phi) is 4.57. The van der Waals surface area contributed by atoms with Crippen molar-refractivity contribution in [3.05, 3.63) is 29.8 Å². The van der Waals surface area contributed by atoms with E-state index in [1.54, 1.807) is 0 Å². The summed E-state index contributed by atoms with van der Waals surface area (Å²) < 4.78 is 0. The minimum Gasteiger partial charge on any atom is -0.388 e. The maximum Gasteiger partial charge on any atom is 0.242 e. The molecule has 0 radical (unpaired) electrons. The van der Waals surface area contributed by atoms with Crippen LogP contribution in [0.15, 0.2) is 24.3 Å². The van der Waals surface area contributed by atoms with Crippen molar-refractivity contribution < 1.29 is 9.90 Å². The van der Waals surface area contributed by atoms with Gasteiger partial charge in [-0.15, -0.1) is 0 Å². The number of fused-ring (bicyclic) bond motifs is 1. The molecule has 0 spiro atoms. The van der Waals surface area contributed by atoms with Gasteiger partial charge in [-0.25, -0.2) is 0 Å². The molecular formula is C17H26N2O2. The summed E-state index contributed by atoms with van der Waals surface area (Å²) in [7, 11) is 0. The molecule has 2 N–H and O–H groups in total. The quantitative estimate of drug-likeness (QED) is 0.880. The predicted molar refractivity (Wildman–Crippen MR) is 85.3 cm³/mol. The van der Waals surface area contributed by atoms with Gasteiger partial charge in [0, 0.05) is 23.3 Å². The summed E-state index contributed by atoms with van der Waals surface area (Å²) in [6.45, 7) is 8.66. The molecule has 116 valence electrons. The Hall–Kier alpha value is -1.55. The number of aliphatic hydroxyl groups excluding tert-OH is 1. The average molecular weight is 290 g/mol. The first-order valence-electron chi connectivity index (χ1n) is 7.65. The van der Waals surface area contributed by atoms with Crippen LogP contribution in [0.2, 0.25) is 0 Å². The van der Waals surface area contributed by atoms with E-state index in [1.807, 2.05) is 52.0 Å². The second-order valence-corrected chi connectivity index (χ2v) is 6.83. The highest BCUT2D eigenvalue weighted by Gasteiger charge is 2.29. The molecule has 4 heteroatoms. The molecule has 1 aromatic rings. The van der Waals surface area contributed by atoms with Crippen molar-refractivity contribution in [3.63, 3.8) is 0 Å². The van der Waals surface area contributed by atoms with E-state index in [1.165, 1.54) is 0 Å². The maximum atomic E-state index is 12.4. The number of nitrogens with zero attached hydrogens (tertiary/aromatic N) is 1. The Morgan fingerprint density at radius 2 is 2.05 bits per heavy atom. The summed E-state index contributed by atoms with van der Waals surface area (Å²) in [4.78, 5) is 14.6. The zero-order valence-electron chi connectivity index (χ0n) is 13.4. The lowest BCUT2D eigenvalue weighted by Gasteiger charge is -2.33. The van der Waals surface area contributed by atoms with Gasteiger partial charge in [0.1, 0.15) is 6.04 Å². The van der Waals surface area contributed by atoms with Crippen molar-refractivity contribution in [2.75, 3.05) is 11.4 Å². The number of anilines is 1. The molecule has 2 rings (SSSR count). The highest BCUT2D eigenvalue weighted by molar-refractivity contribution is 5.85. The van der Waals surface area contributed by atoms with E-state index in [4.69, 9.17) is 0 Å². The van der Waals surface area contributed by atoms with Gasteiger partial charge in [-0.1, -0.05) is 18.2 Å². The molecule has 0 saturated carbocycles.